The first-order valence-corrected chi connectivity index (χ1v) is 9.99. The molecule has 0 atom stereocenters. The highest BCUT2D eigenvalue weighted by molar-refractivity contribution is 9.11. The largest absolute Gasteiger partial charge is 0.250 e. The molecule has 0 saturated heterocycles. The van der Waals surface area contributed by atoms with Crippen LogP contribution in [0.15, 0.2) is 14.1 Å². The maximum atomic E-state index is 12.2. The third-order valence-electron chi connectivity index (χ3n) is 2.07. The Hall–Kier alpha value is 1.05. The summed E-state index contributed by atoms with van der Waals surface area (Å²) < 4.78 is 28.2. The van der Waals surface area contributed by atoms with Crippen LogP contribution in [0, 0.1) is 6.92 Å². The van der Waals surface area contributed by atoms with Crippen LogP contribution in [0.1, 0.15) is 12.5 Å². The summed E-state index contributed by atoms with van der Waals surface area (Å²) in [7, 11) is -3.47. The minimum atomic E-state index is -3.47. The molecule has 0 aliphatic heterocycles. The van der Waals surface area contributed by atoms with E-state index < -0.39 is 15.6 Å². The van der Waals surface area contributed by atoms with Crippen molar-refractivity contribution in [2.45, 2.75) is 23.6 Å². The Morgan fingerprint density at radius 1 is 1.41 bits per heavy atom. The Labute approximate surface area is 131 Å². The van der Waals surface area contributed by atoms with E-state index in [2.05, 4.69) is 52.5 Å². The number of hydrogen-bond acceptors (Lipinski definition) is 3. The van der Waals surface area contributed by atoms with Crippen molar-refractivity contribution in [2.24, 2.45) is 0 Å². The lowest BCUT2D eigenvalue weighted by molar-refractivity contribution is 0.510. The average Bonchev–Trinajstić information content (AvgIpc) is 2.59. The highest BCUT2D eigenvalue weighted by Crippen LogP contribution is 2.31. The van der Waals surface area contributed by atoms with Crippen LogP contribution in [-0.2, 0) is 10.0 Å². The maximum absolute atomic E-state index is 12.2. The zero-order valence-corrected chi connectivity index (χ0v) is 15.6. The molecule has 0 unspecified atom stereocenters. The Morgan fingerprint density at radius 2 is 1.94 bits per heavy atom. The number of thiophene rings is 1. The van der Waals surface area contributed by atoms with E-state index >= 15 is 0 Å². The van der Waals surface area contributed by atoms with Crippen molar-refractivity contribution in [1.82, 2.24) is 4.72 Å². The van der Waals surface area contributed by atoms with E-state index in [1.165, 1.54) is 11.3 Å². The molecule has 98 valence electrons. The lowest BCUT2D eigenvalue weighted by atomic mass is 10.1. The molecule has 3 nitrogen and oxygen atoms in total. The quantitative estimate of drug-likeness (QED) is 0.669. The molecule has 0 aliphatic rings. The van der Waals surface area contributed by atoms with E-state index in [1.807, 2.05) is 13.8 Å². The van der Waals surface area contributed by atoms with E-state index in [9.17, 15) is 8.42 Å². The van der Waals surface area contributed by atoms with Crippen molar-refractivity contribution in [1.29, 1.82) is 0 Å². The van der Waals surface area contributed by atoms with Gasteiger partial charge >= 0.3 is 0 Å². The van der Waals surface area contributed by atoms with Crippen molar-refractivity contribution in [3.8, 4) is 0 Å². The second-order valence-corrected chi connectivity index (χ2v) is 9.36. The fourth-order valence-corrected chi connectivity index (χ4v) is 6.24. The van der Waals surface area contributed by atoms with Gasteiger partial charge in [-0.05, 0) is 41.4 Å². The lowest BCUT2D eigenvalue weighted by Crippen LogP contribution is -2.48. The number of aryl methyl sites for hydroxylation is 1. The normalized spacial score (nSPS) is 13.0. The SMILES string of the molecule is Cc1cc(S(=O)(=O)NC(C)(CBr)CBr)sc1Br. The summed E-state index contributed by atoms with van der Waals surface area (Å²) in [5.74, 6) is 0. The van der Waals surface area contributed by atoms with Crippen LogP contribution in [0.25, 0.3) is 0 Å². The summed E-state index contributed by atoms with van der Waals surface area (Å²) in [6, 6.07) is 1.67. The number of halogens is 3. The topological polar surface area (TPSA) is 46.2 Å². The summed E-state index contributed by atoms with van der Waals surface area (Å²) >= 11 is 11.2. The van der Waals surface area contributed by atoms with Crippen LogP contribution in [0.4, 0.5) is 0 Å². The minimum absolute atomic E-state index is 0.329. The molecule has 0 fully saturated rings. The first-order chi connectivity index (χ1) is 7.74. The lowest BCUT2D eigenvalue weighted by Gasteiger charge is -2.25. The molecular formula is C9H12Br3NO2S2. The number of nitrogens with one attached hydrogen (secondary N) is 1. The monoisotopic (exact) mass is 467 g/mol. The molecule has 1 heterocycles. The first-order valence-electron chi connectivity index (χ1n) is 4.66. The van der Waals surface area contributed by atoms with Gasteiger partial charge in [-0.25, -0.2) is 13.1 Å². The van der Waals surface area contributed by atoms with Gasteiger partial charge in [0.1, 0.15) is 4.21 Å². The number of alkyl halides is 2. The van der Waals surface area contributed by atoms with Gasteiger partial charge in [-0.3, -0.25) is 0 Å². The van der Waals surface area contributed by atoms with Crippen LogP contribution < -0.4 is 4.72 Å². The summed E-state index contributed by atoms with van der Waals surface area (Å²) in [5.41, 5.74) is 0.387. The molecule has 0 amide bonds. The van der Waals surface area contributed by atoms with Gasteiger partial charge in [0.25, 0.3) is 10.0 Å². The summed E-state index contributed by atoms with van der Waals surface area (Å²) in [5, 5.41) is 1.08. The molecule has 1 aromatic rings. The fourth-order valence-electron chi connectivity index (χ4n) is 1.03. The van der Waals surface area contributed by atoms with Crippen LogP contribution >= 0.6 is 59.1 Å². The zero-order valence-electron chi connectivity index (χ0n) is 9.26. The van der Waals surface area contributed by atoms with Crippen molar-refractivity contribution in [2.75, 3.05) is 10.7 Å². The molecule has 0 bridgehead atoms. The van der Waals surface area contributed by atoms with Crippen molar-refractivity contribution >= 4 is 69.1 Å². The predicted octanol–water partition coefficient (Wildman–Crippen LogP) is 3.65. The Morgan fingerprint density at radius 3 is 2.29 bits per heavy atom. The van der Waals surface area contributed by atoms with Gasteiger partial charge < -0.3 is 0 Å². The molecule has 1 N–H and O–H groups in total. The second-order valence-electron chi connectivity index (χ2n) is 3.96. The van der Waals surface area contributed by atoms with Crippen molar-refractivity contribution in [3.05, 3.63) is 15.4 Å². The van der Waals surface area contributed by atoms with Crippen LogP contribution in [0.3, 0.4) is 0 Å². The van der Waals surface area contributed by atoms with Gasteiger partial charge in [-0.1, -0.05) is 31.9 Å². The summed E-state index contributed by atoms with van der Waals surface area (Å²) in [6.07, 6.45) is 0. The molecule has 0 spiro atoms. The van der Waals surface area contributed by atoms with Gasteiger partial charge in [-0.15, -0.1) is 11.3 Å². The van der Waals surface area contributed by atoms with E-state index in [4.69, 9.17) is 0 Å². The second kappa shape index (κ2) is 6.00. The van der Waals surface area contributed by atoms with Gasteiger partial charge in [0.2, 0.25) is 0 Å². The molecule has 17 heavy (non-hydrogen) atoms. The van der Waals surface area contributed by atoms with Crippen LogP contribution in [0.2, 0.25) is 0 Å². The van der Waals surface area contributed by atoms with E-state index in [0.717, 1.165) is 9.35 Å². The van der Waals surface area contributed by atoms with E-state index in [0.29, 0.717) is 14.9 Å². The van der Waals surface area contributed by atoms with Gasteiger partial charge in [-0.2, -0.15) is 0 Å². The third-order valence-corrected chi connectivity index (χ3v) is 8.79. The highest BCUT2D eigenvalue weighted by Gasteiger charge is 2.30. The molecule has 1 rings (SSSR count). The standard InChI is InChI=1S/C9H12Br3NO2S2/c1-6-3-7(16-8(6)12)17(14,15)13-9(2,4-10)5-11/h3,13H,4-5H2,1-2H3. The molecule has 1 aromatic heterocycles. The van der Waals surface area contributed by atoms with Gasteiger partial charge in [0.05, 0.1) is 3.79 Å². The van der Waals surface area contributed by atoms with E-state index in [1.54, 1.807) is 6.07 Å². The zero-order chi connectivity index (χ0) is 13.3. The van der Waals surface area contributed by atoms with E-state index in [-0.39, 0.29) is 0 Å². The third kappa shape index (κ3) is 4.01. The Balaban J connectivity index is 3.04. The molecule has 0 radical (unpaired) electrons. The highest BCUT2D eigenvalue weighted by atomic mass is 79.9. The smallest absolute Gasteiger partial charge is 0.206 e. The van der Waals surface area contributed by atoms with Crippen molar-refractivity contribution in [3.63, 3.8) is 0 Å². The Kier molecular flexibility index (Phi) is 5.69. The molecule has 0 aromatic carbocycles. The molecule has 0 saturated carbocycles. The minimum Gasteiger partial charge on any atom is -0.206 e. The van der Waals surface area contributed by atoms with Gasteiger partial charge in [0.15, 0.2) is 0 Å². The number of hydrogen-bond donors (Lipinski definition) is 1. The van der Waals surface area contributed by atoms with Gasteiger partial charge in [0, 0.05) is 16.2 Å². The first kappa shape index (κ1) is 16.1. The summed E-state index contributed by atoms with van der Waals surface area (Å²) in [4.78, 5) is 0. The predicted molar refractivity (Wildman–Crippen MR) is 83.1 cm³/mol. The number of sulfonamides is 1. The fraction of sp³-hybridized carbons (Fsp3) is 0.556. The van der Waals surface area contributed by atoms with Crippen molar-refractivity contribution < 1.29 is 8.42 Å². The molecule has 8 heteroatoms. The average molecular weight is 470 g/mol. The summed E-state index contributed by atoms with van der Waals surface area (Å²) in [6.45, 7) is 3.71. The Bertz CT molecular complexity index is 475. The van der Waals surface area contributed by atoms with Crippen LogP contribution in [-0.4, -0.2) is 24.6 Å². The molecule has 0 aliphatic carbocycles. The number of rotatable bonds is 5. The van der Waals surface area contributed by atoms with Crippen LogP contribution in [0.5, 0.6) is 0 Å². The molecular weight excluding hydrogens is 458 g/mol. The maximum Gasteiger partial charge on any atom is 0.250 e.